The first kappa shape index (κ1) is 9.03. The van der Waals surface area contributed by atoms with Crippen LogP contribution in [0.5, 0.6) is 0 Å². The summed E-state index contributed by atoms with van der Waals surface area (Å²) in [7, 11) is 0. The van der Waals surface area contributed by atoms with Crippen LogP contribution in [0.2, 0.25) is 0 Å². The number of furan rings is 1. The number of aryl methyl sites for hydroxylation is 1. The van der Waals surface area contributed by atoms with Crippen LogP contribution in [0.4, 0.5) is 5.69 Å². The van der Waals surface area contributed by atoms with Crippen LogP contribution in [-0.2, 0) is 0 Å². The van der Waals surface area contributed by atoms with Gasteiger partial charge >= 0.3 is 0 Å². The molecular weight excluding hydrogens is 204 g/mol. The lowest BCUT2D eigenvalue weighted by Crippen LogP contribution is -1.85. The van der Waals surface area contributed by atoms with E-state index in [0.717, 1.165) is 11.3 Å². The van der Waals surface area contributed by atoms with E-state index >= 15 is 0 Å². The van der Waals surface area contributed by atoms with E-state index in [1.165, 1.54) is 0 Å². The summed E-state index contributed by atoms with van der Waals surface area (Å²) in [5.74, 6) is 1.32. The number of anilines is 1. The van der Waals surface area contributed by atoms with Crippen LogP contribution in [0, 0.1) is 6.92 Å². The molecule has 0 spiro atoms. The molecule has 0 bridgehead atoms. The van der Waals surface area contributed by atoms with Gasteiger partial charge in [-0.1, -0.05) is 6.07 Å². The van der Waals surface area contributed by atoms with E-state index in [2.05, 4.69) is 4.98 Å². The minimum absolute atomic E-state index is 0.541. The van der Waals surface area contributed by atoms with E-state index < -0.39 is 0 Å². The Morgan fingerprint density at radius 1 is 1.25 bits per heavy atom. The van der Waals surface area contributed by atoms with Gasteiger partial charge in [0.15, 0.2) is 5.58 Å². The molecule has 0 saturated carbocycles. The number of fused-ring (bicyclic) bond motifs is 1. The third kappa shape index (κ3) is 1.20. The Hall–Kier alpha value is -2.23. The smallest absolute Gasteiger partial charge is 0.230 e. The summed E-state index contributed by atoms with van der Waals surface area (Å²) < 4.78 is 10.8. The molecule has 0 aliphatic carbocycles. The molecule has 80 valence electrons. The van der Waals surface area contributed by atoms with Gasteiger partial charge in [-0.3, -0.25) is 0 Å². The first-order valence-electron chi connectivity index (χ1n) is 4.95. The Labute approximate surface area is 91.7 Å². The molecule has 2 N–H and O–H groups in total. The monoisotopic (exact) mass is 214 g/mol. The molecule has 0 radical (unpaired) electrons. The topological polar surface area (TPSA) is 65.2 Å². The van der Waals surface area contributed by atoms with Gasteiger partial charge in [-0.15, -0.1) is 0 Å². The Morgan fingerprint density at radius 3 is 2.81 bits per heavy atom. The molecule has 0 amide bonds. The van der Waals surface area contributed by atoms with E-state index in [9.17, 15) is 0 Å². The highest BCUT2D eigenvalue weighted by Crippen LogP contribution is 2.29. The van der Waals surface area contributed by atoms with Gasteiger partial charge in [0.1, 0.15) is 11.3 Å². The highest BCUT2D eigenvalue weighted by atomic mass is 16.4. The van der Waals surface area contributed by atoms with Crippen LogP contribution < -0.4 is 5.73 Å². The maximum absolute atomic E-state index is 5.82. The van der Waals surface area contributed by atoms with Crippen molar-refractivity contribution in [1.82, 2.24) is 4.98 Å². The molecule has 3 aromatic rings. The number of nitrogens with zero attached hydrogens (tertiary/aromatic N) is 1. The molecule has 2 aromatic heterocycles. The maximum atomic E-state index is 5.82. The predicted octanol–water partition coefficient (Wildman–Crippen LogP) is 2.98. The number of aromatic nitrogens is 1. The van der Waals surface area contributed by atoms with Crippen LogP contribution in [-0.4, -0.2) is 4.98 Å². The second kappa shape index (κ2) is 3.13. The summed E-state index contributed by atoms with van der Waals surface area (Å²) in [4.78, 5) is 4.36. The SMILES string of the molecule is Cc1occc1-c1nc2c(N)cccc2o1. The number of hydrogen-bond donors (Lipinski definition) is 1. The number of oxazole rings is 1. The van der Waals surface area contributed by atoms with Crippen molar-refractivity contribution in [3.63, 3.8) is 0 Å². The van der Waals surface area contributed by atoms with E-state index in [1.54, 1.807) is 12.3 Å². The molecule has 0 atom stereocenters. The highest BCUT2D eigenvalue weighted by Gasteiger charge is 2.13. The molecule has 4 heteroatoms. The number of rotatable bonds is 1. The van der Waals surface area contributed by atoms with Crippen LogP contribution in [0.15, 0.2) is 39.4 Å². The fraction of sp³-hybridized carbons (Fsp3) is 0.0833. The van der Waals surface area contributed by atoms with Crippen molar-refractivity contribution >= 4 is 16.8 Å². The Kier molecular flexibility index (Phi) is 1.77. The molecule has 3 rings (SSSR count). The quantitative estimate of drug-likeness (QED) is 0.632. The zero-order valence-corrected chi connectivity index (χ0v) is 8.73. The maximum Gasteiger partial charge on any atom is 0.230 e. The molecule has 16 heavy (non-hydrogen) atoms. The lowest BCUT2D eigenvalue weighted by atomic mass is 10.2. The minimum Gasteiger partial charge on any atom is -0.469 e. The first-order chi connectivity index (χ1) is 7.75. The fourth-order valence-electron chi connectivity index (χ4n) is 1.69. The van der Waals surface area contributed by atoms with Gasteiger partial charge in [-0.25, -0.2) is 4.98 Å². The van der Waals surface area contributed by atoms with Crippen LogP contribution >= 0.6 is 0 Å². The van der Waals surface area contributed by atoms with E-state index in [0.29, 0.717) is 22.7 Å². The van der Waals surface area contributed by atoms with Crippen molar-refractivity contribution < 1.29 is 8.83 Å². The van der Waals surface area contributed by atoms with Crippen LogP contribution in [0.1, 0.15) is 5.76 Å². The molecule has 0 unspecified atom stereocenters. The van der Waals surface area contributed by atoms with Crippen molar-refractivity contribution in [3.8, 4) is 11.5 Å². The second-order valence-corrected chi connectivity index (χ2v) is 3.60. The standard InChI is InChI=1S/C12H10N2O2/c1-7-8(5-6-15-7)12-14-11-9(13)3-2-4-10(11)16-12/h2-6H,13H2,1H3. The first-order valence-corrected chi connectivity index (χ1v) is 4.95. The van der Waals surface area contributed by atoms with Crippen molar-refractivity contribution in [2.45, 2.75) is 6.92 Å². The second-order valence-electron chi connectivity index (χ2n) is 3.60. The van der Waals surface area contributed by atoms with Gasteiger partial charge in [-0.2, -0.15) is 0 Å². The zero-order chi connectivity index (χ0) is 11.1. The molecule has 2 heterocycles. The molecule has 1 aromatic carbocycles. The third-order valence-corrected chi connectivity index (χ3v) is 2.54. The minimum atomic E-state index is 0.541. The lowest BCUT2D eigenvalue weighted by molar-refractivity contribution is 0.532. The summed E-state index contributed by atoms with van der Waals surface area (Å²) in [5, 5.41) is 0. The van der Waals surface area contributed by atoms with E-state index in [1.807, 2.05) is 25.1 Å². The van der Waals surface area contributed by atoms with Crippen molar-refractivity contribution in [2.75, 3.05) is 5.73 Å². The van der Waals surface area contributed by atoms with Crippen molar-refractivity contribution in [3.05, 3.63) is 36.3 Å². The largest absolute Gasteiger partial charge is 0.469 e. The molecule has 0 aliphatic heterocycles. The molecule has 4 nitrogen and oxygen atoms in total. The molecule has 0 fully saturated rings. The summed E-state index contributed by atoms with van der Waals surface area (Å²) in [6.45, 7) is 1.87. The van der Waals surface area contributed by atoms with Gasteiger partial charge in [0.05, 0.1) is 17.5 Å². The van der Waals surface area contributed by atoms with Crippen LogP contribution in [0.25, 0.3) is 22.6 Å². The van der Waals surface area contributed by atoms with Crippen LogP contribution in [0.3, 0.4) is 0 Å². The van der Waals surface area contributed by atoms with E-state index in [-0.39, 0.29) is 0 Å². The Balaban J connectivity index is 2.27. The van der Waals surface area contributed by atoms with Gasteiger partial charge in [0.25, 0.3) is 0 Å². The molecule has 0 aliphatic rings. The van der Waals surface area contributed by atoms with Crippen molar-refractivity contribution in [2.24, 2.45) is 0 Å². The van der Waals surface area contributed by atoms with Crippen molar-refractivity contribution in [1.29, 1.82) is 0 Å². The summed E-state index contributed by atoms with van der Waals surface area (Å²) >= 11 is 0. The third-order valence-electron chi connectivity index (χ3n) is 2.54. The number of benzene rings is 1. The molecule has 0 saturated heterocycles. The number of hydrogen-bond acceptors (Lipinski definition) is 4. The highest BCUT2D eigenvalue weighted by molar-refractivity contribution is 5.87. The van der Waals surface area contributed by atoms with Gasteiger partial charge in [-0.05, 0) is 25.1 Å². The average molecular weight is 214 g/mol. The normalized spacial score (nSPS) is 11.1. The zero-order valence-electron chi connectivity index (χ0n) is 8.73. The lowest BCUT2D eigenvalue weighted by Gasteiger charge is -1.89. The number of nitrogen functional groups attached to an aromatic ring is 1. The Morgan fingerprint density at radius 2 is 2.12 bits per heavy atom. The summed E-state index contributed by atoms with van der Waals surface area (Å²) in [6.07, 6.45) is 1.61. The molecular formula is C12H10N2O2. The Bertz CT molecular complexity index is 652. The van der Waals surface area contributed by atoms with Gasteiger partial charge in [0.2, 0.25) is 5.89 Å². The summed E-state index contributed by atoms with van der Waals surface area (Å²) in [6, 6.07) is 7.32. The number of nitrogens with two attached hydrogens (primary N) is 1. The number of para-hydroxylation sites is 1. The average Bonchev–Trinajstić information content (AvgIpc) is 2.84. The summed E-state index contributed by atoms with van der Waals surface area (Å²) in [5.41, 5.74) is 8.67. The van der Waals surface area contributed by atoms with Gasteiger partial charge < -0.3 is 14.6 Å². The van der Waals surface area contributed by atoms with Gasteiger partial charge in [0, 0.05) is 0 Å². The van der Waals surface area contributed by atoms with E-state index in [4.69, 9.17) is 14.6 Å². The fourth-order valence-corrected chi connectivity index (χ4v) is 1.69. The predicted molar refractivity (Wildman–Crippen MR) is 60.9 cm³/mol.